The van der Waals surface area contributed by atoms with Crippen molar-refractivity contribution in [2.24, 2.45) is 0 Å². The summed E-state index contributed by atoms with van der Waals surface area (Å²) in [7, 11) is 0. The number of rotatable bonds is 9. The van der Waals surface area contributed by atoms with Gasteiger partial charge in [0.25, 0.3) is 0 Å². The minimum atomic E-state index is -0.472. The standard InChI is InChI=1S/C32H30FN5OS/c1-22-12-18-27(19-13-22)38-30(36-37-32(38)40-21-25-14-16-26(33)17-15-25)29(20-24-9-4-3-5-10-24)35-31(39)34-28-11-7-6-8-23(28)2/h3-19,29H,20-21H2,1-2H3,(H2,34,35,39). The Morgan fingerprint density at radius 2 is 1.55 bits per heavy atom. The van der Waals surface area contributed by atoms with E-state index in [4.69, 9.17) is 0 Å². The number of anilines is 1. The first-order chi connectivity index (χ1) is 19.5. The minimum absolute atomic E-state index is 0.266. The highest BCUT2D eigenvalue weighted by Gasteiger charge is 2.25. The van der Waals surface area contributed by atoms with Gasteiger partial charge >= 0.3 is 6.03 Å². The third-order valence-corrected chi connectivity index (χ3v) is 7.52. The summed E-state index contributed by atoms with van der Waals surface area (Å²) < 4.78 is 15.4. The lowest BCUT2D eigenvalue weighted by Crippen LogP contribution is -2.35. The number of halogens is 1. The molecule has 2 amide bonds. The zero-order chi connectivity index (χ0) is 27.9. The van der Waals surface area contributed by atoms with E-state index in [0.717, 1.165) is 33.6 Å². The minimum Gasteiger partial charge on any atom is -0.327 e. The van der Waals surface area contributed by atoms with Crippen LogP contribution in [0.1, 0.15) is 34.1 Å². The van der Waals surface area contributed by atoms with Gasteiger partial charge in [0.1, 0.15) is 5.82 Å². The van der Waals surface area contributed by atoms with Crippen LogP contribution in [0.2, 0.25) is 0 Å². The predicted molar refractivity (Wildman–Crippen MR) is 158 cm³/mol. The molecule has 5 rings (SSSR count). The molecule has 0 saturated heterocycles. The number of amides is 2. The summed E-state index contributed by atoms with van der Waals surface area (Å²) >= 11 is 1.51. The van der Waals surface area contributed by atoms with E-state index in [0.29, 0.717) is 23.2 Å². The number of aromatic nitrogens is 3. The van der Waals surface area contributed by atoms with Gasteiger partial charge in [0, 0.05) is 23.5 Å². The van der Waals surface area contributed by atoms with Crippen LogP contribution in [-0.4, -0.2) is 20.8 Å². The van der Waals surface area contributed by atoms with Crippen LogP contribution in [0.5, 0.6) is 0 Å². The van der Waals surface area contributed by atoms with E-state index >= 15 is 0 Å². The van der Waals surface area contributed by atoms with E-state index in [9.17, 15) is 9.18 Å². The SMILES string of the molecule is Cc1ccc(-n2c(SCc3ccc(F)cc3)nnc2C(Cc2ccccc2)NC(=O)Nc2ccccc2C)cc1. The Morgan fingerprint density at radius 1 is 0.850 bits per heavy atom. The second kappa shape index (κ2) is 12.6. The van der Waals surface area contributed by atoms with E-state index in [1.54, 1.807) is 12.1 Å². The fourth-order valence-corrected chi connectivity index (χ4v) is 5.27. The van der Waals surface area contributed by atoms with Crippen molar-refractivity contribution in [3.63, 3.8) is 0 Å². The predicted octanol–water partition coefficient (Wildman–Crippen LogP) is 7.42. The largest absolute Gasteiger partial charge is 0.327 e. The number of benzene rings is 4. The first-order valence-electron chi connectivity index (χ1n) is 13.0. The molecular weight excluding hydrogens is 521 g/mol. The van der Waals surface area contributed by atoms with Gasteiger partial charge in [-0.1, -0.05) is 90.1 Å². The van der Waals surface area contributed by atoms with Crippen LogP contribution >= 0.6 is 11.8 Å². The van der Waals surface area contributed by atoms with Crippen molar-refractivity contribution in [1.82, 2.24) is 20.1 Å². The first-order valence-corrected chi connectivity index (χ1v) is 14.0. The molecule has 8 heteroatoms. The molecule has 0 aliphatic heterocycles. The van der Waals surface area contributed by atoms with Crippen LogP contribution in [0.15, 0.2) is 108 Å². The number of para-hydroxylation sites is 1. The molecule has 0 spiro atoms. The fraction of sp³-hybridized carbons (Fsp3) is 0.156. The summed E-state index contributed by atoms with van der Waals surface area (Å²) in [6.07, 6.45) is 0.522. The maximum atomic E-state index is 13.4. The molecule has 0 radical (unpaired) electrons. The monoisotopic (exact) mass is 551 g/mol. The Kier molecular flexibility index (Phi) is 8.56. The smallest absolute Gasteiger partial charge is 0.319 e. The van der Waals surface area contributed by atoms with E-state index in [2.05, 4.69) is 20.8 Å². The highest BCUT2D eigenvalue weighted by atomic mass is 32.2. The van der Waals surface area contributed by atoms with Crippen molar-refractivity contribution >= 4 is 23.5 Å². The second-order valence-electron chi connectivity index (χ2n) is 9.58. The number of thioether (sulfide) groups is 1. The van der Waals surface area contributed by atoms with Crippen molar-refractivity contribution < 1.29 is 9.18 Å². The van der Waals surface area contributed by atoms with Crippen LogP contribution in [0.4, 0.5) is 14.9 Å². The summed E-state index contributed by atoms with van der Waals surface area (Å²) in [4.78, 5) is 13.3. The van der Waals surface area contributed by atoms with Crippen LogP contribution in [0.3, 0.4) is 0 Å². The van der Waals surface area contributed by atoms with Crippen molar-refractivity contribution in [1.29, 1.82) is 0 Å². The van der Waals surface area contributed by atoms with Gasteiger partial charge in [0.15, 0.2) is 11.0 Å². The number of hydrogen-bond donors (Lipinski definition) is 2. The molecule has 4 aromatic carbocycles. The zero-order valence-corrected chi connectivity index (χ0v) is 23.2. The topological polar surface area (TPSA) is 71.8 Å². The molecule has 0 aliphatic rings. The van der Waals surface area contributed by atoms with Gasteiger partial charge < -0.3 is 10.6 Å². The number of urea groups is 1. The second-order valence-corrected chi connectivity index (χ2v) is 10.5. The van der Waals surface area contributed by atoms with Crippen molar-refractivity contribution in [3.8, 4) is 5.69 Å². The summed E-state index contributed by atoms with van der Waals surface area (Å²) in [5.74, 6) is 0.946. The van der Waals surface area contributed by atoms with E-state index < -0.39 is 6.04 Å². The fourth-order valence-electron chi connectivity index (χ4n) is 4.35. The van der Waals surface area contributed by atoms with Crippen LogP contribution in [-0.2, 0) is 12.2 Å². The summed E-state index contributed by atoms with van der Waals surface area (Å²) in [5.41, 5.74) is 5.78. The zero-order valence-electron chi connectivity index (χ0n) is 22.3. The van der Waals surface area contributed by atoms with Crippen LogP contribution in [0, 0.1) is 19.7 Å². The number of nitrogens with one attached hydrogen (secondary N) is 2. The Morgan fingerprint density at radius 3 is 2.27 bits per heavy atom. The average molecular weight is 552 g/mol. The number of carbonyl (C=O) groups excluding carboxylic acids is 1. The third-order valence-electron chi connectivity index (χ3n) is 6.52. The molecule has 6 nitrogen and oxygen atoms in total. The third kappa shape index (κ3) is 6.76. The molecule has 1 unspecified atom stereocenters. The quantitative estimate of drug-likeness (QED) is 0.187. The maximum absolute atomic E-state index is 13.4. The molecule has 0 saturated carbocycles. The van der Waals surface area contributed by atoms with E-state index in [1.807, 2.05) is 97.3 Å². The highest BCUT2D eigenvalue weighted by Crippen LogP contribution is 2.29. The van der Waals surface area contributed by atoms with E-state index in [-0.39, 0.29) is 11.8 Å². The van der Waals surface area contributed by atoms with Crippen molar-refractivity contribution in [2.75, 3.05) is 5.32 Å². The molecule has 1 heterocycles. The van der Waals surface area contributed by atoms with Crippen molar-refractivity contribution in [2.45, 2.75) is 37.2 Å². The number of nitrogens with zero attached hydrogens (tertiary/aromatic N) is 3. The molecule has 1 atom stereocenters. The first kappa shape index (κ1) is 27.1. The Bertz CT molecular complexity index is 1570. The Labute approximate surface area is 237 Å². The molecule has 5 aromatic rings. The highest BCUT2D eigenvalue weighted by molar-refractivity contribution is 7.98. The molecular formula is C32H30FN5OS. The van der Waals surface area contributed by atoms with Gasteiger partial charge in [0.05, 0.1) is 6.04 Å². The normalized spacial score (nSPS) is 11.7. The van der Waals surface area contributed by atoms with Gasteiger partial charge in [-0.15, -0.1) is 10.2 Å². The molecule has 202 valence electrons. The summed E-state index contributed by atoms with van der Waals surface area (Å²) in [6.45, 7) is 3.99. The summed E-state index contributed by atoms with van der Waals surface area (Å²) in [5, 5.41) is 16.0. The maximum Gasteiger partial charge on any atom is 0.319 e. The number of hydrogen-bond acceptors (Lipinski definition) is 4. The van der Waals surface area contributed by atoms with Gasteiger partial charge in [0.2, 0.25) is 0 Å². The molecule has 0 aliphatic carbocycles. The molecule has 1 aromatic heterocycles. The lowest BCUT2D eigenvalue weighted by Gasteiger charge is -2.21. The lowest BCUT2D eigenvalue weighted by atomic mass is 10.1. The Balaban J connectivity index is 1.50. The molecule has 2 N–H and O–H groups in total. The Hall–Kier alpha value is -4.43. The van der Waals surface area contributed by atoms with E-state index in [1.165, 1.54) is 23.9 Å². The van der Waals surface area contributed by atoms with Gasteiger partial charge in [-0.05, 0) is 60.9 Å². The van der Waals surface area contributed by atoms with Crippen molar-refractivity contribution in [3.05, 3.63) is 137 Å². The van der Waals surface area contributed by atoms with Gasteiger partial charge in [-0.25, -0.2) is 9.18 Å². The molecule has 40 heavy (non-hydrogen) atoms. The molecule has 0 bridgehead atoms. The van der Waals surface area contributed by atoms with Gasteiger partial charge in [-0.3, -0.25) is 4.57 Å². The lowest BCUT2D eigenvalue weighted by molar-refractivity contribution is 0.247. The van der Waals surface area contributed by atoms with Crippen LogP contribution < -0.4 is 10.6 Å². The van der Waals surface area contributed by atoms with Gasteiger partial charge in [-0.2, -0.15) is 0 Å². The number of carbonyl (C=O) groups is 1. The average Bonchev–Trinajstić information content (AvgIpc) is 3.38. The summed E-state index contributed by atoms with van der Waals surface area (Å²) in [6, 6.07) is 31.4. The number of aryl methyl sites for hydroxylation is 2. The van der Waals surface area contributed by atoms with Crippen LogP contribution in [0.25, 0.3) is 5.69 Å². The molecule has 0 fully saturated rings.